The predicted molar refractivity (Wildman–Crippen MR) is 129 cm³/mol. The number of aliphatic imine (C=N–C) groups is 1. The monoisotopic (exact) mass is 547 g/mol. The molecule has 0 amide bonds. The topological polar surface area (TPSA) is 88.0 Å². The highest BCUT2D eigenvalue weighted by Gasteiger charge is 2.22. The second-order valence-corrected chi connectivity index (χ2v) is 8.77. The van der Waals surface area contributed by atoms with E-state index in [9.17, 15) is 8.42 Å². The zero-order chi connectivity index (χ0) is 20.7. The third-order valence-electron chi connectivity index (χ3n) is 4.81. The van der Waals surface area contributed by atoms with Gasteiger partial charge in [0.15, 0.2) is 5.96 Å². The summed E-state index contributed by atoms with van der Waals surface area (Å²) in [7, 11) is 0.0426. The van der Waals surface area contributed by atoms with E-state index in [1.807, 2.05) is 30.3 Å². The van der Waals surface area contributed by atoms with Gasteiger partial charge in [0.1, 0.15) is 11.9 Å². The van der Waals surface area contributed by atoms with E-state index in [0.29, 0.717) is 6.54 Å². The molecule has 166 valence electrons. The zero-order valence-electron chi connectivity index (χ0n) is 17.3. The van der Waals surface area contributed by atoms with Crippen LogP contribution in [0.1, 0.15) is 12.8 Å². The Morgan fingerprint density at radius 1 is 1.17 bits per heavy atom. The number of halogens is 1. The number of ether oxygens (including phenoxy) is 1. The molecule has 2 aromatic rings. The Morgan fingerprint density at radius 3 is 2.47 bits per heavy atom. The lowest BCUT2D eigenvalue weighted by Gasteiger charge is -2.34. The van der Waals surface area contributed by atoms with Crippen molar-refractivity contribution in [3.8, 4) is 5.75 Å². The summed E-state index contributed by atoms with van der Waals surface area (Å²) < 4.78 is 34.8. The molecule has 2 heterocycles. The number of para-hydroxylation sites is 1. The summed E-state index contributed by atoms with van der Waals surface area (Å²) in [5.41, 5.74) is 0. The van der Waals surface area contributed by atoms with Gasteiger partial charge in [0.2, 0.25) is 10.0 Å². The van der Waals surface area contributed by atoms with Gasteiger partial charge in [-0.15, -0.1) is 24.0 Å². The first-order valence-corrected chi connectivity index (χ1v) is 11.3. The highest BCUT2D eigenvalue weighted by Crippen LogP contribution is 2.18. The smallest absolute Gasteiger partial charge is 0.242 e. The van der Waals surface area contributed by atoms with Crippen LogP contribution in [0.4, 0.5) is 0 Å². The van der Waals surface area contributed by atoms with Crippen molar-refractivity contribution >= 4 is 40.0 Å². The number of hydrogen-bond donors (Lipinski definition) is 2. The van der Waals surface area contributed by atoms with Crippen molar-refractivity contribution in [2.45, 2.75) is 23.8 Å². The Labute approximate surface area is 195 Å². The van der Waals surface area contributed by atoms with E-state index < -0.39 is 10.0 Å². The van der Waals surface area contributed by atoms with E-state index in [1.165, 1.54) is 0 Å². The molecule has 1 aliphatic rings. The molecule has 0 radical (unpaired) electrons. The van der Waals surface area contributed by atoms with Crippen molar-refractivity contribution in [3.05, 3.63) is 48.8 Å². The van der Waals surface area contributed by atoms with Crippen LogP contribution in [-0.4, -0.2) is 63.2 Å². The molecule has 0 unspecified atom stereocenters. The minimum Gasteiger partial charge on any atom is -0.490 e. The van der Waals surface area contributed by atoms with Crippen LogP contribution in [0.3, 0.4) is 0 Å². The van der Waals surface area contributed by atoms with Crippen LogP contribution in [0.5, 0.6) is 5.75 Å². The van der Waals surface area contributed by atoms with Crippen LogP contribution in [0.25, 0.3) is 0 Å². The van der Waals surface area contributed by atoms with Crippen molar-refractivity contribution in [1.29, 1.82) is 0 Å². The number of aromatic nitrogens is 1. The maximum atomic E-state index is 12.2. The number of aryl methyl sites for hydroxylation is 1. The van der Waals surface area contributed by atoms with E-state index in [2.05, 4.69) is 19.9 Å². The third-order valence-corrected chi connectivity index (χ3v) is 6.26. The van der Waals surface area contributed by atoms with Crippen molar-refractivity contribution in [2.24, 2.45) is 12.0 Å². The van der Waals surface area contributed by atoms with Gasteiger partial charge in [0.25, 0.3) is 0 Å². The first-order chi connectivity index (χ1) is 14.0. The van der Waals surface area contributed by atoms with Gasteiger partial charge >= 0.3 is 0 Å². The Hall–Kier alpha value is -1.79. The molecule has 1 fully saturated rings. The third kappa shape index (κ3) is 6.88. The molecule has 1 aliphatic heterocycles. The van der Waals surface area contributed by atoms with E-state index in [0.717, 1.165) is 37.6 Å². The number of benzene rings is 1. The number of rotatable bonds is 7. The summed E-state index contributed by atoms with van der Waals surface area (Å²) in [5.74, 6) is 1.68. The van der Waals surface area contributed by atoms with E-state index in [4.69, 9.17) is 4.74 Å². The van der Waals surface area contributed by atoms with Gasteiger partial charge in [0.05, 0.1) is 4.90 Å². The van der Waals surface area contributed by atoms with Gasteiger partial charge in [-0.25, -0.2) is 13.1 Å². The average Bonchev–Trinajstić information content (AvgIpc) is 3.17. The van der Waals surface area contributed by atoms with Gasteiger partial charge in [-0.2, -0.15) is 0 Å². The number of piperidine rings is 1. The van der Waals surface area contributed by atoms with Crippen LogP contribution in [0.15, 0.2) is 58.7 Å². The Kier molecular flexibility index (Phi) is 9.43. The quantitative estimate of drug-likeness (QED) is 0.240. The molecule has 0 saturated carbocycles. The molecule has 1 aromatic heterocycles. The number of nitrogens with zero attached hydrogens (tertiary/aromatic N) is 3. The highest BCUT2D eigenvalue weighted by atomic mass is 127. The van der Waals surface area contributed by atoms with Crippen molar-refractivity contribution in [3.63, 3.8) is 0 Å². The van der Waals surface area contributed by atoms with Crippen LogP contribution in [0.2, 0.25) is 0 Å². The number of sulfonamides is 1. The van der Waals surface area contributed by atoms with E-state index in [-0.39, 0.29) is 41.5 Å². The molecule has 0 spiro atoms. The summed E-state index contributed by atoms with van der Waals surface area (Å²) in [6, 6.07) is 11.5. The van der Waals surface area contributed by atoms with Gasteiger partial charge in [0, 0.05) is 65.5 Å². The fourth-order valence-corrected chi connectivity index (χ4v) is 4.37. The summed E-state index contributed by atoms with van der Waals surface area (Å²) in [6.45, 7) is 2.42. The maximum Gasteiger partial charge on any atom is 0.242 e. The molecule has 0 bridgehead atoms. The van der Waals surface area contributed by atoms with E-state index >= 15 is 0 Å². The second-order valence-electron chi connectivity index (χ2n) is 7.00. The predicted octanol–water partition coefficient (Wildman–Crippen LogP) is 2.04. The molecule has 1 aromatic carbocycles. The Bertz CT molecular complexity index is 910. The van der Waals surface area contributed by atoms with Crippen molar-refractivity contribution in [1.82, 2.24) is 19.5 Å². The zero-order valence-corrected chi connectivity index (χ0v) is 20.5. The van der Waals surface area contributed by atoms with Gasteiger partial charge < -0.3 is 19.5 Å². The number of likely N-dealkylation sites (tertiary alicyclic amines) is 1. The minimum atomic E-state index is -3.49. The molecule has 0 atom stereocenters. The fourth-order valence-electron chi connectivity index (χ4n) is 3.29. The fraction of sp³-hybridized carbons (Fsp3) is 0.450. The molecule has 3 rings (SSSR count). The molecule has 8 nitrogen and oxygen atoms in total. The van der Waals surface area contributed by atoms with Crippen molar-refractivity contribution in [2.75, 3.05) is 33.2 Å². The number of guanidine groups is 1. The first kappa shape index (κ1) is 24.5. The van der Waals surface area contributed by atoms with Gasteiger partial charge in [-0.3, -0.25) is 4.99 Å². The van der Waals surface area contributed by atoms with Crippen LogP contribution in [0, 0.1) is 0 Å². The van der Waals surface area contributed by atoms with Crippen LogP contribution >= 0.6 is 24.0 Å². The lowest BCUT2D eigenvalue weighted by atomic mass is 10.1. The molecule has 10 heteroatoms. The highest BCUT2D eigenvalue weighted by molar-refractivity contribution is 14.0. The molecule has 1 saturated heterocycles. The van der Waals surface area contributed by atoms with Crippen molar-refractivity contribution < 1.29 is 13.2 Å². The SMILES string of the molecule is CN=C(NCCNS(=O)(=O)c1ccn(C)c1)N1CCC(Oc2ccccc2)CC1.I. The normalized spacial score (nSPS) is 15.5. The second kappa shape index (κ2) is 11.6. The summed E-state index contributed by atoms with van der Waals surface area (Å²) in [6.07, 6.45) is 5.31. The largest absolute Gasteiger partial charge is 0.490 e. The summed E-state index contributed by atoms with van der Waals surface area (Å²) in [5, 5.41) is 3.24. The standard InChI is InChI=1S/C20H29N5O3S.HI/c1-21-20(22-11-12-23-29(26,27)19-10-13-24(2)16-19)25-14-8-18(9-15-25)28-17-6-4-3-5-7-17;/h3-7,10,13,16,18,23H,8-9,11-12,14-15H2,1-2H3,(H,21,22);1H. The molecule has 0 aliphatic carbocycles. The number of hydrogen-bond acceptors (Lipinski definition) is 4. The molecule has 30 heavy (non-hydrogen) atoms. The molecular weight excluding hydrogens is 517 g/mol. The number of nitrogens with one attached hydrogen (secondary N) is 2. The van der Waals surface area contributed by atoms with Crippen LogP contribution in [-0.2, 0) is 17.1 Å². The lowest BCUT2D eigenvalue weighted by molar-refractivity contribution is 0.129. The van der Waals surface area contributed by atoms with Crippen LogP contribution < -0.4 is 14.8 Å². The minimum absolute atomic E-state index is 0. The first-order valence-electron chi connectivity index (χ1n) is 9.77. The Balaban J connectivity index is 0.00000320. The van der Waals surface area contributed by atoms with E-state index in [1.54, 1.807) is 37.1 Å². The maximum absolute atomic E-state index is 12.2. The molecular formula is C20H30IN5O3S. The molecule has 2 N–H and O–H groups in total. The van der Waals surface area contributed by atoms with Gasteiger partial charge in [-0.05, 0) is 18.2 Å². The summed E-state index contributed by atoms with van der Waals surface area (Å²) in [4.78, 5) is 6.77. The lowest BCUT2D eigenvalue weighted by Crippen LogP contribution is -2.48. The average molecular weight is 547 g/mol. The Morgan fingerprint density at radius 2 is 1.87 bits per heavy atom. The summed E-state index contributed by atoms with van der Waals surface area (Å²) >= 11 is 0. The van der Waals surface area contributed by atoms with Gasteiger partial charge in [-0.1, -0.05) is 18.2 Å².